The van der Waals surface area contributed by atoms with Crippen molar-refractivity contribution in [2.75, 3.05) is 26.2 Å². The molecule has 76 valence electrons. The SMILES string of the molecule is CC1CCN(CCC2CC2)CCN1. The Kier molecular flexibility index (Phi) is 3.23. The lowest BCUT2D eigenvalue weighted by Gasteiger charge is -2.18. The summed E-state index contributed by atoms with van der Waals surface area (Å²) in [6, 6.07) is 0.728. The van der Waals surface area contributed by atoms with Gasteiger partial charge >= 0.3 is 0 Å². The molecule has 1 saturated heterocycles. The van der Waals surface area contributed by atoms with Crippen LogP contribution in [-0.4, -0.2) is 37.1 Å². The summed E-state index contributed by atoms with van der Waals surface area (Å²) in [5.41, 5.74) is 0. The summed E-state index contributed by atoms with van der Waals surface area (Å²) in [5.74, 6) is 1.09. The van der Waals surface area contributed by atoms with E-state index < -0.39 is 0 Å². The summed E-state index contributed by atoms with van der Waals surface area (Å²) in [6.45, 7) is 7.40. The van der Waals surface area contributed by atoms with E-state index in [9.17, 15) is 0 Å². The van der Waals surface area contributed by atoms with Gasteiger partial charge in [-0.25, -0.2) is 0 Å². The number of hydrogen-bond donors (Lipinski definition) is 1. The zero-order valence-corrected chi connectivity index (χ0v) is 8.76. The molecular formula is C11H22N2. The van der Waals surface area contributed by atoms with Crippen LogP contribution in [0.5, 0.6) is 0 Å². The van der Waals surface area contributed by atoms with Crippen molar-refractivity contribution in [3.05, 3.63) is 0 Å². The van der Waals surface area contributed by atoms with Gasteiger partial charge in [-0.15, -0.1) is 0 Å². The molecule has 1 aliphatic carbocycles. The highest BCUT2D eigenvalue weighted by Gasteiger charge is 2.22. The molecular weight excluding hydrogens is 160 g/mol. The molecule has 1 N–H and O–H groups in total. The van der Waals surface area contributed by atoms with Crippen molar-refractivity contribution in [1.82, 2.24) is 10.2 Å². The Morgan fingerprint density at radius 2 is 2.08 bits per heavy atom. The van der Waals surface area contributed by atoms with E-state index >= 15 is 0 Å². The third-order valence-electron chi connectivity index (χ3n) is 3.35. The van der Waals surface area contributed by atoms with Crippen molar-refractivity contribution in [2.45, 2.75) is 38.6 Å². The van der Waals surface area contributed by atoms with Crippen molar-refractivity contribution in [1.29, 1.82) is 0 Å². The molecule has 2 nitrogen and oxygen atoms in total. The largest absolute Gasteiger partial charge is 0.313 e. The number of hydrogen-bond acceptors (Lipinski definition) is 2. The molecule has 1 aliphatic heterocycles. The molecule has 2 aliphatic rings. The lowest BCUT2D eigenvalue weighted by molar-refractivity contribution is 0.281. The van der Waals surface area contributed by atoms with Crippen LogP contribution in [0.15, 0.2) is 0 Å². The van der Waals surface area contributed by atoms with Gasteiger partial charge < -0.3 is 10.2 Å². The van der Waals surface area contributed by atoms with Gasteiger partial charge in [0.2, 0.25) is 0 Å². The molecule has 0 aromatic heterocycles. The Morgan fingerprint density at radius 1 is 1.23 bits per heavy atom. The van der Waals surface area contributed by atoms with Crippen LogP contribution in [0.25, 0.3) is 0 Å². The maximum atomic E-state index is 3.54. The summed E-state index contributed by atoms with van der Waals surface area (Å²) < 4.78 is 0. The van der Waals surface area contributed by atoms with E-state index in [0.29, 0.717) is 0 Å². The van der Waals surface area contributed by atoms with Gasteiger partial charge in [0.05, 0.1) is 0 Å². The van der Waals surface area contributed by atoms with E-state index in [1.54, 1.807) is 0 Å². The van der Waals surface area contributed by atoms with Crippen LogP contribution in [-0.2, 0) is 0 Å². The van der Waals surface area contributed by atoms with Crippen molar-refractivity contribution in [3.63, 3.8) is 0 Å². The van der Waals surface area contributed by atoms with E-state index in [1.807, 2.05) is 0 Å². The van der Waals surface area contributed by atoms with Crippen molar-refractivity contribution in [3.8, 4) is 0 Å². The Balaban J connectivity index is 1.65. The maximum Gasteiger partial charge on any atom is 0.0107 e. The summed E-state index contributed by atoms with van der Waals surface area (Å²) in [7, 11) is 0. The van der Waals surface area contributed by atoms with E-state index in [-0.39, 0.29) is 0 Å². The molecule has 0 spiro atoms. The third-order valence-corrected chi connectivity index (χ3v) is 3.35. The molecule has 1 unspecified atom stereocenters. The lowest BCUT2D eigenvalue weighted by atomic mass is 10.2. The first-order valence-corrected chi connectivity index (χ1v) is 5.80. The van der Waals surface area contributed by atoms with Gasteiger partial charge in [0.15, 0.2) is 0 Å². The molecule has 2 heteroatoms. The highest BCUT2D eigenvalue weighted by molar-refractivity contribution is 4.77. The van der Waals surface area contributed by atoms with Crippen LogP contribution in [0.2, 0.25) is 0 Å². The zero-order valence-electron chi connectivity index (χ0n) is 8.76. The summed E-state index contributed by atoms with van der Waals surface area (Å²) in [4.78, 5) is 2.63. The summed E-state index contributed by atoms with van der Waals surface area (Å²) in [6.07, 6.45) is 5.78. The fourth-order valence-corrected chi connectivity index (χ4v) is 2.05. The van der Waals surface area contributed by atoms with Crippen LogP contribution >= 0.6 is 0 Å². The number of nitrogens with one attached hydrogen (secondary N) is 1. The molecule has 0 amide bonds. The Bertz CT molecular complexity index is 154. The highest BCUT2D eigenvalue weighted by atomic mass is 15.2. The van der Waals surface area contributed by atoms with Crippen molar-refractivity contribution >= 4 is 0 Å². The lowest BCUT2D eigenvalue weighted by Crippen LogP contribution is -2.29. The van der Waals surface area contributed by atoms with Gasteiger partial charge in [-0.3, -0.25) is 0 Å². The second-order valence-corrected chi connectivity index (χ2v) is 4.72. The zero-order chi connectivity index (χ0) is 9.10. The molecule has 1 saturated carbocycles. The quantitative estimate of drug-likeness (QED) is 0.711. The minimum absolute atomic E-state index is 0.728. The molecule has 0 aromatic rings. The van der Waals surface area contributed by atoms with Gasteiger partial charge in [-0.05, 0) is 38.8 Å². The first kappa shape index (κ1) is 9.47. The standard InChI is InChI=1S/C11H22N2/c1-10-4-7-13(9-6-12-10)8-5-11-2-3-11/h10-12H,2-9H2,1H3. The normalized spacial score (nSPS) is 31.6. The van der Waals surface area contributed by atoms with E-state index in [0.717, 1.165) is 12.0 Å². The molecule has 0 aromatic carbocycles. The second-order valence-electron chi connectivity index (χ2n) is 4.72. The van der Waals surface area contributed by atoms with Crippen LogP contribution < -0.4 is 5.32 Å². The van der Waals surface area contributed by atoms with E-state index in [4.69, 9.17) is 0 Å². The third kappa shape index (κ3) is 3.28. The fraction of sp³-hybridized carbons (Fsp3) is 1.00. The van der Waals surface area contributed by atoms with Gasteiger partial charge in [-0.1, -0.05) is 12.8 Å². The fourth-order valence-electron chi connectivity index (χ4n) is 2.05. The summed E-state index contributed by atoms with van der Waals surface area (Å²) in [5, 5.41) is 3.54. The van der Waals surface area contributed by atoms with E-state index in [2.05, 4.69) is 17.1 Å². The summed E-state index contributed by atoms with van der Waals surface area (Å²) >= 11 is 0. The molecule has 2 fully saturated rings. The van der Waals surface area contributed by atoms with Gasteiger partial charge in [0, 0.05) is 19.1 Å². The molecule has 1 atom stereocenters. The molecule has 13 heavy (non-hydrogen) atoms. The van der Waals surface area contributed by atoms with Crippen LogP contribution in [0.1, 0.15) is 32.6 Å². The molecule has 0 bridgehead atoms. The minimum Gasteiger partial charge on any atom is -0.313 e. The Hall–Kier alpha value is -0.0800. The first-order valence-electron chi connectivity index (χ1n) is 5.80. The van der Waals surface area contributed by atoms with Gasteiger partial charge in [-0.2, -0.15) is 0 Å². The highest BCUT2D eigenvalue weighted by Crippen LogP contribution is 2.32. The van der Waals surface area contributed by atoms with Crippen LogP contribution in [0.4, 0.5) is 0 Å². The molecule has 1 heterocycles. The smallest absolute Gasteiger partial charge is 0.0107 e. The Morgan fingerprint density at radius 3 is 2.85 bits per heavy atom. The molecule has 0 radical (unpaired) electrons. The molecule has 2 rings (SSSR count). The van der Waals surface area contributed by atoms with Crippen molar-refractivity contribution < 1.29 is 0 Å². The first-order chi connectivity index (χ1) is 6.34. The Labute approximate surface area is 81.7 Å². The van der Waals surface area contributed by atoms with Crippen LogP contribution in [0.3, 0.4) is 0 Å². The van der Waals surface area contributed by atoms with Crippen molar-refractivity contribution in [2.24, 2.45) is 5.92 Å². The average molecular weight is 182 g/mol. The minimum atomic E-state index is 0.728. The van der Waals surface area contributed by atoms with E-state index in [1.165, 1.54) is 51.9 Å². The number of nitrogens with zero attached hydrogens (tertiary/aromatic N) is 1. The number of rotatable bonds is 3. The second kappa shape index (κ2) is 4.43. The predicted octanol–water partition coefficient (Wildman–Crippen LogP) is 1.47. The van der Waals surface area contributed by atoms with Gasteiger partial charge in [0.1, 0.15) is 0 Å². The average Bonchev–Trinajstić information content (AvgIpc) is 2.90. The topological polar surface area (TPSA) is 15.3 Å². The van der Waals surface area contributed by atoms with Crippen LogP contribution in [0, 0.1) is 5.92 Å². The van der Waals surface area contributed by atoms with Gasteiger partial charge in [0.25, 0.3) is 0 Å². The maximum absolute atomic E-state index is 3.54. The monoisotopic (exact) mass is 182 g/mol. The predicted molar refractivity (Wildman–Crippen MR) is 55.9 cm³/mol.